The van der Waals surface area contributed by atoms with Crippen molar-refractivity contribution in [2.45, 2.75) is 32.5 Å². The maximum Gasteiger partial charge on any atom is 0.161 e. The van der Waals surface area contributed by atoms with Crippen LogP contribution in [-0.2, 0) is 4.74 Å². The average molecular weight is 263 g/mol. The van der Waals surface area contributed by atoms with Crippen molar-refractivity contribution in [1.82, 2.24) is 0 Å². The number of ether oxygens (including phenoxy) is 1. The number of morpholine rings is 1. The largest absolute Gasteiger partial charge is 0.394 e. The van der Waals surface area contributed by atoms with Gasteiger partial charge in [0.1, 0.15) is 0 Å². The summed E-state index contributed by atoms with van der Waals surface area (Å²) in [4.78, 5) is 13.8. The van der Waals surface area contributed by atoms with E-state index in [0.717, 1.165) is 11.3 Å². The highest BCUT2D eigenvalue weighted by Crippen LogP contribution is 2.28. The first-order chi connectivity index (χ1) is 8.93. The summed E-state index contributed by atoms with van der Waals surface area (Å²) in [5.41, 5.74) is 1.30. The maximum atomic E-state index is 11.7. The Kier molecular flexibility index (Phi) is 3.92. The van der Waals surface area contributed by atoms with E-state index in [-0.39, 0.29) is 24.1 Å². The van der Waals surface area contributed by atoms with Gasteiger partial charge >= 0.3 is 0 Å². The molecule has 1 fully saturated rings. The lowest BCUT2D eigenvalue weighted by molar-refractivity contribution is -0.101. The Morgan fingerprint density at radius 2 is 2.16 bits per heavy atom. The van der Waals surface area contributed by atoms with E-state index in [1.807, 2.05) is 38.1 Å². The van der Waals surface area contributed by atoms with Crippen LogP contribution in [0.4, 0.5) is 5.69 Å². The quantitative estimate of drug-likeness (QED) is 0.846. The number of rotatable bonds is 3. The van der Waals surface area contributed by atoms with E-state index in [1.165, 1.54) is 0 Å². The Labute approximate surface area is 114 Å². The molecule has 0 radical (unpaired) electrons. The number of hydrogen-bond acceptors (Lipinski definition) is 4. The van der Waals surface area contributed by atoms with Crippen LogP contribution in [0.5, 0.6) is 0 Å². The smallest absolute Gasteiger partial charge is 0.161 e. The zero-order chi connectivity index (χ0) is 14.0. The zero-order valence-electron chi connectivity index (χ0n) is 11.7. The van der Waals surface area contributed by atoms with Crippen LogP contribution in [0.15, 0.2) is 24.3 Å². The SMILES string of the molecule is CC(=O)c1ccccc1N1CC(CO)OC(C)(C)C1. The molecule has 1 aromatic rings. The predicted molar refractivity (Wildman–Crippen MR) is 74.7 cm³/mol. The molecule has 0 saturated carbocycles. The second-order valence-electron chi connectivity index (χ2n) is 5.64. The summed E-state index contributed by atoms with van der Waals surface area (Å²) in [6.07, 6.45) is -0.219. The number of ketones is 1. The molecular weight excluding hydrogens is 242 g/mol. The number of para-hydroxylation sites is 1. The first kappa shape index (κ1) is 14.0. The lowest BCUT2D eigenvalue weighted by Gasteiger charge is -2.43. The summed E-state index contributed by atoms with van der Waals surface area (Å²) in [6.45, 7) is 6.87. The molecule has 1 unspecified atom stereocenters. The van der Waals surface area contributed by atoms with E-state index in [9.17, 15) is 9.90 Å². The van der Waals surface area contributed by atoms with Gasteiger partial charge in [-0.05, 0) is 32.9 Å². The fraction of sp³-hybridized carbons (Fsp3) is 0.533. The van der Waals surface area contributed by atoms with Gasteiger partial charge in [-0.25, -0.2) is 0 Å². The first-order valence-corrected chi connectivity index (χ1v) is 6.56. The molecule has 1 heterocycles. The summed E-state index contributed by atoms with van der Waals surface area (Å²) in [5, 5.41) is 9.35. The molecule has 1 aliphatic rings. The number of Topliss-reactive ketones (excluding diaryl/α,β-unsaturated/α-hetero) is 1. The minimum atomic E-state index is -0.338. The molecule has 0 amide bonds. The summed E-state index contributed by atoms with van der Waals surface area (Å²) in [5.74, 6) is 0.0560. The number of carbonyl (C=O) groups is 1. The fourth-order valence-electron chi connectivity index (χ4n) is 2.62. The molecule has 2 rings (SSSR count). The van der Waals surface area contributed by atoms with E-state index >= 15 is 0 Å². The van der Waals surface area contributed by atoms with Gasteiger partial charge in [0.15, 0.2) is 5.78 Å². The van der Waals surface area contributed by atoms with Crippen molar-refractivity contribution in [3.63, 3.8) is 0 Å². The Morgan fingerprint density at radius 3 is 2.79 bits per heavy atom. The van der Waals surface area contributed by atoms with Crippen molar-refractivity contribution in [2.75, 3.05) is 24.6 Å². The van der Waals surface area contributed by atoms with Gasteiger partial charge < -0.3 is 14.7 Å². The highest BCUT2D eigenvalue weighted by atomic mass is 16.5. The van der Waals surface area contributed by atoms with Crippen LogP contribution < -0.4 is 4.90 Å². The van der Waals surface area contributed by atoms with Crippen molar-refractivity contribution in [1.29, 1.82) is 0 Å². The summed E-state index contributed by atoms with van der Waals surface area (Å²) in [7, 11) is 0. The number of hydrogen-bond donors (Lipinski definition) is 1. The third-order valence-corrected chi connectivity index (χ3v) is 3.31. The molecule has 0 bridgehead atoms. The van der Waals surface area contributed by atoms with Crippen molar-refractivity contribution in [3.8, 4) is 0 Å². The van der Waals surface area contributed by atoms with Crippen LogP contribution in [0.2, 0.25) is 0 Å². The molecule has 0 aromatic heterocycles. The Hall–Kier alpha value is -1.39. The summed E-state index contributed by atoms with van der Waals surface area (Å²) < 4.78 is 5.80. The van der Waals surface area contributed by atoms with Gasteiger partial charge in [-0.15, -0.1) is 0 Å². The number of aliphatic hydroxyl groups is 1. The van der Waals surface area contributed by atoms with E-state index < -0.39 is 0 Å². The molecule has 1 N–H and O–H groups in total. The predicted octanol–water partition coefficient (Wildman–Crippen LogP) is 1.87. The van der Waals surface area contributed by atoms with Gasteiger partial charge in [-0.1, -0.05) is 12.1 Å². The number of anilines is 1. The molecule has 0 aliphatic carbocycles. The molecular formula is C15H21NO3. The van der Waals surface area contributed by atoms with Crippen molar-refractivity contribution >= 4 is 11.5 Å². The third kappa shape index (κ3) is 3.14. The second-order valence-corrected chi connectivity index (χ2v) is 5.64. The number of carbonyl (C=O) groups excluding carboxylic acids is 1. The minimum Gasteiger partial charge on any atom is -0.394 e. The van der Waals surface area contributed by atoms with Gasteiger partial charge in [0.2, 0.25) is 0 Å². The number of nitrogens with zero attached hydrogens (tertiary/aromatic N) is 1. The van der Waals surface area contributed by atoms with Crippen LogP contribution in [-0.4, -0.2) is 42.3 Å². The van der Waals surface area contributed by atoms with Gasteiger partial charge in [-0.3, -0.25) is 4.79 Å². The van der Waals surface area contributed by atoms with Gasteiger partial charge in [-0.2, -0.15) is 0 Å². The Balaban J connectivity index is 2.33. The van der Waals surface area contributed by atoms with Crippen LogP contribution in [0.3, 0.4) is 0 Å². The maximum absolute atomic E-state index is 11.7. The van der Waals surface area contributed by atoms with Gasteiger partial charge in [0.25, 0.3) is 0 Å². The minimum absolute atomic E-state index is 0.0117. The molecule has 104 valence electrons. The molecule has 1 aliphatic heterocycles. The molecule has 4 nitrogen and oxygen atoms in total. The van der Waals surface area contributed by atoms with E-state index in [4.69, 9.17) is 4.74 Å². The Morgan fingerprint density at radius 1 is 1.47 bits per heavy atom. The monoisotopic (exact) mass is 263 g/mol. The van der Waals surface area contributed by atoms with Crippen molar-refractivity contribution in [3.05, 3.63) is 29.8 Å². The zero-order valence-corrected chi connectivity index (χ0v) is 11.7. The van der Waals surface area contributed by atoms with E-state index in [2.05, 4.69) is 4.90 Å². The topological polar surface area (TPSA) is 49.8 Å². The van der Waals surface area contributed by atoms with Crippen LogP contribution >= 0.6 is 0 Å². The van der Waals surface area contributed by atoms with Crippen LogP contribution in [0.25, 0.3) is 0 Å². The van der Waals surface area contributed by atoms with Gasteiger partial charge in [0.05, 0.1) is 18.3 Å². The first-order valence-electron chi connectivity index (χ1n) is 6.56. The highest BCUT2D eigenvalue weighted by molar-refractivity contribution is 5.99. The molecule has 1 aromatic carbocycles. The van der Waals surface area contributed by atoms with Crippen molar-refractivity contribution < 1.29 is 14.6 Å². The summed E-state index contributed by atoms with van der Waals surface area (Å²) >= 11 is 0. The number of benzene rings is 1. The lowest BCUT2D eigenvalue weighted by atomic mass is 10.0. The normalized spacial score (nSPS) is 22.3. The van der Waals surface area contributed by atoms with Crippen LogP contribution in [0, 0.1) is 0 Å². The Bertz CT molecular complexity index is 470. The van der Waals surface area contributed by atoms with Gasteiger partial charge in [0, 0.05) is 24.3 Å². The third-order valence-electron chi connectivity index (χ3n) is 3.31. The molecule has 19 heavy (non-hydrogen) atoms. The van der Waals surface area contributed by atoms with E-state index in [1.54, 1.807) is 6.92 Å². The lowest BCUT2D eigenvalue weighted by Crippen LogP contribution is -2.54. The number of aliphatic hydroxyl groups excluding tert-OH is 1. The second kappa shape index (κ2) is 5.31. The average Bonchev–Trinajstić information content (AvgIpc) is 2.36. The highest BCUT2D eigenvalue weighted by Gasteiger charge is 2.34. The molecule has 1 atom stereocenters. The van der Waals surface area contributed by atoms with E-state index in [0.29, 0.717) is 13.1 Å². The fourth-order valence-corrected chi connectivity index (χ4v) is 2.62. The molecule has 0 spiro atoms. The van der Waals surface area contributed by atoms with Crippen LogP contribution in [0.1, 0.15) is 31.1 Å². The molecule has 4 heteroatoms. The molecule has 1 saturated heterocycles. The standard InChI is InChI=1S/C15H21NO3/c1-11(18)13-6-4-5-7-14(13)16-8-12(9-17)19-15(2,3)10-16/h4-7,12,17H,8-10H2,1-3H3. The van der Waals surface area contributed by atoms with Crippen molar-refractivity contribution in [2.24, 2.45) is 0 Å². The summed E-state index contributed by atoms with van der Waals surface area (Å²) in [6, 6.07) is 7.59.